The van der Waals surface area contributed by atoms with E-state index < -0.39 is 0 Å². The average molecular weight is 295 g/mol. The molecule has 17 heavy (non-hydrogen) atoms. The zero-order valence-corrected chi connectivity index (χ0v) is 10.9. The summed E-state index contributed by atoms with van der Waals surface area (Å²) in [5, 5.41) is 2.99. The normalized spacial score (nSPS) is 10.3. The van der Waals surface area contributed by atoms with Crippen molar-refractivity contribution in [3.63, 3.8) is 0 Å². The van der Waals surface area contributed by atoms with Gasteiger partial charge in [0.05, 0.1) is 17.1 Å². The van der Waals surface area contributed by atoms with E-state index in [2.05, 4.69) is 21.2 Å². The third kappa shape index (κ3) is 2.77. The summed E-state index contributed by atoms with van der Waals surface area (Å²) in [7, 11) is 0. The summed E-state index contributed by atoms with van der Waals surface area (Å²) in [4.78, 5) is 0. The number of rotatable bonds is 2. The predicted molar refractivity (Wildman–Crippen MR) is 73.0 cm³/mol. The number of hydrogen-bond donors (Lipinski definition) is 2. The Bertz CT molecular complexity index is 555. The zero-order chi connectivity index (χ0) is 12.4. The lowest BCUT2D eigenvalue weighted by Crippen LogP contribution is -1.98. The highest BCUT2D eigenvalue weighted by Gasteiger charge is 2.05. The van der Waals surface area contributed by atoms with E-state index in [1.54, 1.807) is 18.2 Å². The van der Waals surface area contributed by atoms with Crippen LogP contribution in [0.1, 0.15) is 5.56 Å². The summed E-state index contributed by atoms with van der Waals surface area (Å²) in [6.07, 6.45) is 0. The van der Waals surface area contributed by atoms with Gasteiger partial charge in [-0.25, -0.2) is 4.39 Å². The number of aryl methyl sites for hydroxylation is 1. The number of benzene rings is 2. The van der Waals surface area contributed by atoms with Crippen LogP contribution in [0.3, 0.4) is 0 Å². The topological polar surface area (TPSA) is 38.0 Å². The lowest BCUT2D eigenvalue weighted by Gasteiger charge is -2.11. The highest BCUT2D eigenvalue weighted by molar-refractivity contribution is 9.10. The Labute approximate surface area is 108 Å². The molecule has 88 valence electrons. The van der Waals surface area contributed by atoms with Gasteiger partial charge in [0.25, 0.3) is 0 Å². The molecule has 0 aliphatic rings. The van der Waals surface area contributed by atoms with E-state index in [0.29, 0.717) is 21.5 Å². The molecule has 0 aromatic heterocycles. The van der Waals surface area contributed by atoms with E-state index in [1.807, 2.05) is 19.1 Å². The first kappa shape index (κ1) is 11.9. The second kappa shape index (κ2) is 4.75. The Hall–Kier alpha value is -1.55. The van der Waals surface area contributed by atoms with E-state index in [4.69, 9.17) is 5.73 Å². The van der Waals surface area contributed by atoms with Crippen molar-refractivity contribution in [2.75, 3.05) is 11.1 Å². The summed E-state index contributed by atoms with van der Waals surface area (Å²) in [6.45, 7) is 1.96. The van der Waals surface area contributed by atoms with Crippen molar-refractivity contribution in [2.45, 2.75) is 6.92 Å². The van der Waals surface area contributed by atoms with Gasteiger partial charge in [-0.15, -0.1) is 0 Å². The second-order valence-electron chi connectivity index (χ2n) is 3.84. The van der Waals surface area contributed by atoms with E-state index in [-0.39, 0.29) is 5.82 Å². The van der Waals surface area contributed by atoms with Crippen molar-refractivity contribution in [3.05, 3.63) is 52.3 Å². The molecule has 0 radical (unpaired) electrons. The molecule has 2 nitrogen and oxygen atoms in total. The number of nitrogens with two attached hydrogens (primary N) is 1. The van der Waals surface area contributed by atoms with Crippen LogP contribution in [0.15, 0.2) is 40.9 Å². The molecule has 0 unspecified atom stereocenters. The molecule has 0 saturated heterocycles. The second-order valence-corrected chi connectivity index (χ2v) is 4.76. The Morgan fingerprint density at radius 3 is 2.59 bits per heavy atom. The predicted octanol–water partition coefficient (Wildman–Crippen LogP) is 4.22. The first-order chi connectivity index (χ1) is 8.06. The number of hydrogen-bond acceptors (Lipinski definition) is 2. The fraction of sp³-hybridized carbons (Fsp3) is 0.0769. The molecule has 0 aliphatic heterocycles. The number of halogens is 2. The number of nitrogens with one attached hydrogen (secondary N) is 1. The largest absolute Gasteiger partial charge is 0.397 e. The Balaban J connectivity index is 2.34. The molecule has 0 fully saturated rings. The van der Waals surface area contributed by atoms with Crippen molar-refractivity contribution in [1.82, 2.24) is 0 Å². The fourth-order valence-corrected chi connectivity index (χ4v) is 1.85. The maximum atomic E-state index is 13.6. The van der Waals surface area contributed by atoms with E-state index in [9.17, 15) is 4.39 Å². The molecule has 2 rings (SSSR count). The quantitative estimate of drug-likeness (QED) is 0.814. The van der Waals surface area contributed by atoms with Gasteiger partial charge in [-0.3, -0.25) is 0 Å². The monoisotopic (exact) mass is 294 g/mol. The average Bonchev–Trinajstić information content (AvgIpc) is 2.27. The van der Waals surface area contributed by atoms with Crippen molar-refractivity contribution >= 4 is 33.0 Å². The molecule has 2 aromatic rings. The van der Waals surface area contributed by atoms with Crippen molar-refractivity contribution in [1.29, 1.82) is 0 Å². The molecular formula is C13H12BrFN2. The van der Waals surface area contributed by atoms with Crippen LogP contribution in [-0.2, 0) is 0 Å². The van der Waals surface area contributed by atoms with Crippen LogP contribution >= 0.6 is 15.9 Å². The standard InChI is InChI=1S/C13H12BrFN2/c1-8-2-4-11(16)13(6-8)17-12-5-3-9(14)7-10(12)15/h2-7,17H,16H2,1H3. The molecule has 0 bridgehead atoms. The molecule has 3 N–H and O–H groups in total. The highest BCUT2D eigenvalue weighted by Crippen LogP contribution is 2.27. The summed E-state index contributed by atoms with van der Waals surface area (Å²) in [5.41, 5.74) is 8.61. The zero-order valence-electron chi connectivity index (χ0n) is 9.30. The van der Waals surface area contributed by atoms with Gasteiger partial charge in [0.15, 0.2) is 0 Å². The molecule has 0 heterocycles. The Morgan fingerprint density at radius 1 is 1.12 bits per heavy atom. The lowest BCUT2D eigenvalue weighted by molar-refractivity contribution is 0.631. The van der Waals surface area contributed by atoms with Crippen LogP contribution in [-0.4, -0.2) is 0 Å². The van der Waals surface area contributed by atoms with Gasteiger partial charge >= 0.3 is 0 Å². The van der Waals surface area contributed by atoms with E-state index in [1.165, 1.54) is 6.07 Å². The highest BCUT2D eigenvalue weighted by atomic mass is 79.9. The first-order valence-electron chi connectivity index (χ1n) is 5.14. The van der Waals surface area contributed by atoms with Gasteiger partial charge in [0.2, 0.25) is 0 Å². The van der Waals surface area contributed by atoms with Gasteiger partial charge in [0, 0.05) is 4.47 Å². The maximum absolute atomic E-state index is 13.6. The van der Waals surface area contributed by atoms with E-state index in [0.717, 1.165) is 5.56 Å². The SMILES string of the molecule is Cc1ccc(N)c(Nc2ccc(Br)cc2F)c1. The molecule has 0 saturated carbocycles. The van der Waals surface area contributed by atoms with Crippen LogP contribution in [0.4, 0.5) is 21.5 Å². The Morgan fingerprint density at radius 2 is 1.88 bits per heavy atom. The molecular weight excluding hydrogens is 283 g/mol. The van der Waals surface area contributed by atoms with Gasteiger partial charge in [-0.1, -0.05) is 22.0 Å². The van der Waals surface area contributed by atoms with Crippen molar-refractivity contribution in [2.24, 2.45) is 0 Å². The lowest BCUT2D eigenvalue weighted by atomic mass is 10.2. The van der Waals surface area contributed by atoms with Crippen molar-refractivity contribution < 1.29 is 4.39 Å². The minimum atomic E-state index is -0.319. The Kier molecular flexibility index (Phi) is 3.33. The van der Waals surface area contributed by atoms with Crippen molar-refractivity contribution in [3.8, 4) is 0 Å². The third-order valence-corrected chi connectivity index (χ3v) is 2.90. The summed E-state index contributed by atoms with van der Waals surface area (Å²) in [5.74, 6) is -0.319. The van der Waals surface area contributed by atoms with Crippen LogP contribution in [0, 0.1) is 12.7 Å². The minimum absolute atomic E-state index is 0.319. The smallest absolute Gasteiger partial charge is 0.147 e. The first-order valence-corrected chi connectivity index (χ1v) is 5.94. The summed E-state index contributed by atoms with van der Waals surface area (Å²) >= 11 is 3.22. The fourth-order valence-electron chi connectivity index (χ4n) is 1.51. The van der Waals surface area contributed by atoms with Crippen LogP contribution in [0.25, 0.3) is 0 Å². The molecule has 0 amide bonds. The summed E-state index contributed by atoms with van der Waals surface area (Å²) in [6, 6.07) is 10.5. The molecule has 2 aromatic carbocycles. The van der Waals surface area contributed by atoms with Gasteiger partial charge in [-0.2, -0.15) is 0 Å². The molecule has 4 heteroatoms. The van der Waals surface area contributed by atoms with Crippen LogP contribution in [0.5, 0.6) is 0 Å². The molecule has 0 atom stereocenters. The third-order valence-electron chi connectivity index (χ3n) is 2.41. The molecule has 0 aliphatic carbocycles. The molecule has 0 spiro atoms. The van der Waals surface area contributed by atoms with Gasteiger partial charge < -0.3 is 11.1 Å². The van der Waals surface area contributed by atoms with Gasteiger partial charge in [-0.05, 0) is 42.8 Å². The maximum Gasteiger partial charge on any atom is 0.147 e. The van der Waals surface area contributed by atoms with Gasteiger partial charge in [0.1, 0.15) is 5.82 Å². The van der Waals surface area contributed by atoms with E-state index >= 15 is 0 Å². The number of anilines is 3. The number of nitrogen functional groups attached to an aromatic ring is 1. The van der Waals surface area contributed by atoms with Crippen LogP contribution in [0.2, 0.25) is 0 Å². The summed E-state index contributed by atoms with van der Waals surface area (Å²) < 4.78 is 14.3. The minimum Gasteiger partial charge on any atom is -0.397 e. The van der Waals surface area contributed by atoms with Crippen LogP contribution < -0.4 is 11.1 Å².